The molecule has 8 nitrogen and oxygen atoms in total. The molecule has 32 heavy (non-hydrogen) atoms. The number of fused-ring (bicyclic) bond motifs is 2. The summed E-state index contributed by atoms with van der Waals surface area (Å²) < 4.78 is 0. The summed E-state index contributed by atoms with van der Waals surface area (Å²) in [6.07, 6.45) is 10.8. The molecule has 0 fully saturated rings. The van der Waals surface area contributed by atoms with Crippen molar-refractivity contribution in [2.45, 2.75) is 32.7 Å². The van der Waals surface area contributed by atoms with Crippen LogP contribution in [0.1, 0.15) is 26.7 Å². The van der Waals surface area contributed by atoms with Crippen LogP contribution in [0.3, 0.4) is 0 Å². The monoisotopic (exact) mass is 431 g/mol. The number of nitrogens with zero attached hydrogens (tertiary/aromatic N) is 5. The maximum atomic E-state index is 7.33. The SMILES string of the molecule is C=CO.CCCN(c1ncc2c(N)nc(N)nc2n1)C(C)C1=c2ccccc2=CC=CC1. The molecule has 0 aliphatic heterocycles. The van der Waals surface area contributed by atoms with Gasteiger partial charge < -0.3 is 21.5 Å². The second-order valence-corrected chi connectivity index (χ2v) is 7.34. The van der Waals surface area contributed by atoms with Gasteiger partial charge in [0.15, 0.2) is 5.65 Å². The standard InChI is InChI=1S/C22H25N7.C2H4O/c1-3-12-29(22-25-13-18-19(23)26-21(24)27-20(18)28-22)14(2)16-10-6-4-8-15-9-5-7-11-17(15)16;1-2-3/h4-9,11,13-14H,3,10,12H2,1-2H3,(H4,23,24,25,26,27,28);2-3H,1H2. The zero-order chi connectivity index (χ0) is 23.1. The van der Waals surface area contributed by atoms with Gasteiger partial charge in [0.1, 0.15) is 5.82 Å². The van der Waals surface area contributed by atoms with Gasteiger partial charge in [-0.2, -0.15) is 15.0 Å². The molecule has 1 aromatic carbocycles. The van der Waals surface area contributed by atoms with Crippen LogP contribution in [0.4, 0.5) is 17.7 Å². The van der Waals surface area contributed by atoms with E-state index < -0.39 is 0 Å². The van der Waals surface area contributed by atoms with Crippen molar-refractivity contribution in [3.8, 4) is 0 Å². The summed E-state index contributed by atoms with van der Waals surface area (Å²) in [5.74, 6) is 1.02. The van der Waals surface area contributed by atoms with Crippen LogP contribution in [0.15, 0.2) is 55.5 Å². The molecule has 3 aromatic rings. The predicted octanol–water partition coefficient (Wildman–Crippen LogP) is 2.47. The van der Waals surface area contributed by atoms with Gasteiger partial charge in [0.05, 0.1) is 17.7 Å². The van der Waals surface area contributed by atoms with Crippen LogP contribution < -0.4 is 26.8 Å². The lowest BCUT2D eigenvalue weighted by Crippen LogP contribution is -2.40. The fourth-order valence-corrected chi connectivity index (χ4v) is 3.79. The van der Waals surface area contributed by atoms with Crippen LogP contribution in [-0.2, 0) is 0 Å². The van der Waals surface area contributed by atoms with Crippen molar-refractivity contribution in [2.75, 3.05) is 22.9 Å². The van der Waals surface area contributed by atoms with Crippen LogP contribution in [0, 0.1) is 0 Å². The molecule has 1 atom stereocenters. The topological polar surface area (TPSA) is 127 Å². The molecule has 0 bridgehead atoms. The van der Waals surface area contributed by atoms with E-state index in [0.29, 0.717) is 22.8 Å². The van der Waals surface area contributed by atoms with E-state index in [-0.39, 0.29) is 12.0 Å². The van der Waals surface area contributed by atoms with E-state index in [0.717, 1.165) is 25.6 Å². The molecule has 4 rings (SSSR count). The smallest absolute Gasteiger partial charge is 0.227 e. The summed E-state index contributed by atoms with van der Waals surface area (Å²) >= 11 is 0. The number of hydrogen-bond acceptors (Lipinski definition) is 8. The Morgan fingerprint density at radius 3 is 2.72 bits per heavy atom. The van der Waals surface area contributed by atoms with Crippen LogP contribution in [0.2, 0.25) is 0 Å². The third kappa shape index (κ3) is 4.85. The first-order valence-electron chi connectivity index (χ1n) is 10.5. The van der Waals surface area contributed by atoms with Crippen LogP contribution in [-0.4, -0.2) is 37.6 Å². The lowest BCUT2D eigenvalue weighted by atomic mass is 10.00. The molecule has 2 heterocycles. The number of anilines is 3. The summed E-state index contributed by atoms with van der Waals surface area (Å²) in [7, 11) is 0. The van der Waals surface area contributed by atoms with Gasteiger partial charge in [-0.3, -0.25) is 0 Å². The zero-order valence-electron chi connectivity index (χ0n) is 18.4. The highest BCUT2D eigenvalue weighted by Crippen LogP contribution is 2.23. The second kappa shape index (κ2) is 10.4. The Kier molecular flexibility index (Phi) is 7.38. The third-order valence-corrected chi connectivity index (χ3v) is 5.24. The molecule has 0 saturated heterocycles. The van der Waals surface area contributed by atoms with E-state index in [4.69, 9.17) is 16.6 Å². The first kappa shape index (κ1) is 22.7. The fraction of sp³-hybridized carbons (Fsp3) is 0.250. The molecular weight excluding hydrogens is 402 g/mol. The molecule has 2 aromatic heterocycles. The summed E-state index contributed by atoms with van der Waals surface area (Å²) in [5, 5.41) is 10.4. The highest BCUT2D eigenvalue weighted by molar-refractivity contribution is 5.86. The van der Waals surface area contributed by atoms with Crippen LogP contribution in [0.25, 0.3) is 22.7 Å². The minimum Gasteiger partial charge on any atom is -0.516 e. The van der Waals surface area contributed by atoms with Crippen molar-refractivity contribution in [1.29, 1.82) is 0 Å². The van der Waals surface area contributed by atoms with E-state index in [1.54, 1.807) is 6.20 Å². The Bertz CT molecular complexity index is 1250. The van der Waals surface area contributed by atoms with E-state index >= 15 is 0 Å². The number of aromatic nitrogens is 4. The molecule has 5 N–H and O–H groups in total. The summed E-state index contributed by atoms with van der Waals surface area (Å²) in [5.41, 5.74) is 13.5. The molecule has 0 amide bonds. The Labute approximate surface area is 187 Å². The highest BCUT2D eigenvalue weighted by Gasteiger charge is 2.21. The molecule has 0 radical (unpaired) electrons. The Hall–Kier alpha value is -3.94. The molecule has 1 aliphatic rings. The quantitative estimate of drug-likeness (QED) is 0.526. The number of aliphatic hydroxyl groups is 1. The number of rotatable bonds is 5. The largest absolute Gasteiger partial charge is 0.516 e. The molecule has 0 spiro atoms. The first-order chi connectivity index (χ1) is 15.5. The number of allylic oxidation sites excluding steroid dienone is 2. The van der Waals surface area contributed by atoms with Crippen molar-refractivity contribution < 1.29 is 5.11 Å². The van der Waals surface area contributed by atoms with Crippen molar-refractivity contribution in [2.24, 2.45) is 0 Å². The van der Waals surface area contributed by atoms with Gasteiger partial charge in [0.2, 0.25) is 11.9 Å². The Morgan fingerprint density at radius 2 is 1.97 bits per heavy atom. The lowest BCUT2D eigenvalue weighted by molar-refractivity contribution is 0.476. The van der Waals surface area contributed by atoms with E-state index in [1.165, 1.54) is 16.0 Å². The van der Waals surface area contributed by atoms with Gasteiger partial charge in [-0.05, 0) is 35.8 Å². The van der Waals surface area contributed by atoms with Gasteiger partial charge in [-0.1, -0.05) is 56.0 Å². The van der Waals surface area contributed by atoms with Crippen LogP contribution >= 0.6 is 0 Å². The number of nitrogens with two attached hydrogens (primary N) is 2. The highest BCUT2D eigenvalue weighted by atomic mass is 16.2. The van der Waals surface area contributed by atoms with Gasteiger partial charge in [0, 0.05) is 12.7 Å². The summed E-state index contributed by atoms with van der Waals surface area (Å²) in [6.45, 7) is 8.09. The number of aliphatic hydroxyl groups excluding tert-OH is 1. The lowest BCUT2D eigenvalue weighted by Gasteiger charge is -2.31. The van der Waals surface area contributed by atoms with Crippen LogP contribution in [0.5, 0.6) is 0 Å². The van der Waals surface area contributed by atoms with Crippen molar-refractivity contribution >= 4 is 40.4 Å². The first-order valence-corrected chi connectivity index (χ1v) is 10.5. The van der Waals surface area contributed by atoms with Gasteiger partial charge in [-0.15, -0.1) is 0 Å². The van der Waals surface area contributed by atoms with E-state index in [9.17, 15) is 0 Å². The maximum absolute atomic E-state index is 7.33. The molecule has 1 aliphatic carbocycles. The minimum absolute atomic E-state index is 0.112. The molecule has 8 heteroatoms. The summed E-state index contributed by atoms with van der Waals surface area (Å²) in [6, 6.07) is 8.61. The normalized spacial score (nSPS) is 13.2. The molecule has 1 unspecified atom stereocenters. The Morgan fingerprint density at radius 1 is 1.22 bits per heavy atom. The van der Waals surface area contributed by atoms with Crippen molar-refractivity contribution in [3.63, 3.8) is 0 Å². The van der Waals surface area contributed by atoms with Gasteiger partial charge >= 0.3 is 0 Å². The Balaban J connectivity index is 0.000000913. The molecular formula is C24H29N7O. The average molecular weight is 432 g/mol. The molecule has 0 saturated carbocycles. The summed E-state index contributed by atoms with van der Waals surface area (Å²) in [4.78, 5) is 19.7. The van der Waals surface area contributed by atoms with E-state index in [1.807, 2.05) is 0 Å². The molecule has 166 valence electrons. The van der Waals surface area contributed by atoms with Gasteiger partial charge in [-0.25, -0.2) is 4.98 Å². The van der Waals surface area contributed by atoms with Crippen molar-refractivity contribution in [3.05, 3.63) is 65.9 Å². The second-order valence-electron chi connectivity index (χ2n) is 7.34. The minimum atomic E-state index is 0.112. The fourth-order valence-electron chi connectivity index (χ4n) is 3.79. The third-order valence-electron chi connectivity index (χ3n) is 5.24. The number of nitrogen functional groups attached to an aromatic ring is 2. The average Bonchev–Trinajstić information content (AvgIpc) is 2.99. The predicted molar refractivity (Wildman–Crippen MR) is 131 cm³/mol. The number of benzene rings is 1. The van der Waals surface area contributed by atoms with E-state index in [2.05, 4.69) is 87.8 Å². The maximum Gasteiger partial charge on any atom is 0.227 e. The zero-order valence-corrected chi connectivity index (χ0v) is 18.4. The van der Waals surface area contributed by atoms with Crippen molar-refractivity contribution in [1.82, 2.24) is 19.9 Å². The van der Waals surface area contributed by atoms with Gasteiger partial charge in [0.25, 0.3) is 0 Å². The number of hydrogen-bond donors (Lipinski definition) is 3.